The number of hydrogen-bond acceptors (Lipinski definition) is 6. The predicted octanol–water partition coefficient (Wildman–Crippen LogP) is 3.31. The van der Waals surface area contributed by atoms with Gasteiger partial charge in [0.2, 0.25) is 11.7 Å². The fourth-order valence-electron chi connectivity index (χ4n) is 3.64. The van der Waals surface area contributed by atoms with Crippen molar-refractivity contribution in [1.29, 1.82) is 21.2 Å². The lowest BCUT2D eigenvalue weighted by atomic mass is 9.51. The molecule has 2 bridgehead atoms. The van der Waals surface area contributed by atoms with Gasteiger partial charge in [-0.2, -0.15) is 15.8 Å². The molecule has 1 N–H and O–H groups in total. The van der Waals surface area contributed by atoms with Crippen LogP contribution < -0.4 is 0 Å². The number of fused-ring (bicyclic) bond motifs is 3. The Morgan fingerprint density at radius 2 is 1.79 bits per heavy atom. The summed E-state index contributed by atoms with van der Waals surface area (Å²) in [5.74, 6) is -2.57. The van der Waals surface area contributed by atoms with Gasteiger partial charge in [0.15, 0.2) is 10.8 Å². The quantitative estimate of drug-likeness (QED) is 0.842. The van der Waals surface area contributed by atoms with E-state index in [-0.39, 0.29) is 0 Å². The molecule has 7 heteroatoms. The number of rotatable bonds is 1. The van der Waals surface area contributed by atoms with E-state index >= 15 is 0 Å². The molecule has 120 valence electrons. The molecule has 1 aromatic carbocycles. The van der Waals surface area contributed by atoms with Gasteiger partial charge in [-0.25, -0.2) is 0 Å². The number of nitriles is 3. The summed E-state index contributed by atoms with van der Waals surface area (Å²) in [6, 6.07) is 12.7. The second kappa shape index (κ2) is 4.95. The maximum Gasteiger partial charge on any atom is 0.215 e. The molecule has 0 aromatic heterocycles. The summed E-state index contributed by atoms with van der Waals surface area (Å²) in [6.07, 6.45) is -1.06. The Balaban J connectivity index is 2.37. The van der Waals surface area contributed by atoms with Crippen LogP contribution in [0.1, 0.15) is 25.5 Å². The Labute approximate surface area is 144 Å². The highest BCUT2D eigenvalue weighted by Crippen LogP contribution is 2.66. The first kappa shape index (κ1) is 16.3. The van der Waals surface area contributed by atoms with Crippen molar-refractivity contribution in [3.63, 3.8) is 0 Å². The van der Waals surface area contributed by atoms with Gasteiger partial charge in [0.05, 0.1) is 24.1 Å². The van der Waals surface area contributed by atoms with Gasteiger partial charge in [0, 0.05) is 17.5 Å². The molecular formula is C17H13ClN4O2. The molecule has 6 nitrogen and oxygen atoms in total. The molecule has 3 aliphatic heterocycles. The minimum Gasteiger partial charge on any atom is -0.448 e. The minimum atomic E-state index is -1.90. The van der Waals surface area contributed by atoms with Gasteiger partial charge in [0.25, 0.3) is 0 Å². The number of nitrogens with one attached hydrogen (secondary N) is 1. The average molecular weight is 341 g/mol. The first-order valence-corrected chi connectivity index (χ1v) is 7.65. The highest BCUT2D eigenvalue weighted by Gasteiger charge is 2.78. The Bertz CT molecular complexity index is 851. The molecule has 3 aliphatic rings. The molecule has 24 heavy (non-hydrogen) atoms. The smallest absolute Gasteiger partial charge is 0.215 e. The summed E-state index contributed by atoms with van der Waals surface area (Å²) in [5.41, 5.74) is -3.26. The van der Waals surface area contributed by atoms with E-state index in [9.17, 15) is 15.8 Å². The molecule has 1 aromatic rings. The van der Waals surface area contributed by atoms with Crippen molar-refractivity contribution >= 4 is 17.5 Å². The molecule has 0 saturated carbocycles. The number of hydrogen-bond donors (Lipinski definition) is 1. The molecule has 0 radical (unpaired) electrons. The Hall–Kier alpha value is -2.59. The third kappa shape index (κ3) is 1.59. The van der Waals surface area contributed by atoms with Crippen LogP contribution in [0.3, 0.4) is 0 Å². The first-order chi connectivity index (χ1) is 11.3. The summed E-state index contributed by atoms with van der Waals surface area (Å²) in [6.45, 7) is 3.19. The first-order valence-electron chi connectivity index (χ1n) is 7.27. The van der Waals surface area contributed by atoms with Crippen LogP contribution in [0.2, 0.25) is 5.02 Å². The maximum atomic E-state index is 9.96. The summed E-state index contributed by atoms with van der Waals surface area (Å²) in [4.78, 5) is 0. The van der Waals surface area contributed by atoms with Gasteiger partial charge in [-0.15, -0.1) is 0 Å². The number of ether oxygens (including phenoxy) is 2. The Morgan fingerprint density at radius 3 is 2.33 bits per heavy atom. The molecule has 4 unspecified atom stereocenters. The normalized spacial score (nSPS) is 36.1. The number of benzene rings is 1. The minimum absolute atomic E-state index is 0.332. The van der Waals surface area contributed by atoms with Crippen LogP contribution in [-0.2, 0) is 9.47 Å². The molecule has 3 heterocycles. The zero-order chi connectivity index (χ0) is 17.8. The topological polar surface area (TPSA) is 114 Å². The zero-order valence-corrected chi connectivity index (χ0v) is 13.8. The van der Waals surface area contributed by atoms with Crippen LogP contribution in [0, 0.1) is 56.2 Å². The molecular weight excluding hydrogens is 328 g/mol. The number of nitrogens with zero attached hydrogens (tertiary/aromatic N) is 3. The van der Waals surface area contributed by atoms with Crippen molar-refractivity contribution in [3.8, 4) is 18.2 Å². The summed E-state index contributed by atoms with van der Waals surface area (Å²) in [5, 5.41) is 38.2. The summed E-state index contributed by atoms with van der Waals surface area (Å²) in [7, 11) is 0. The van der Waals surface area contributed by atoms with E-state index < -0.39 is 34.5 Å². The van der Waals surface area contributed by atoms with Crippen LogP contribution in [0.15, 0.2) is 24.3 Å². The summed E-state index contributed by atoms with van der Waals surface area (Å²) >= 11 is 6.26. The molecule has 0 aliphatic carbocycles. The van der Waals surface area contributed by atoms with Crippen molar-refractivity contribution in [2.75, 3.05) is 0 Å². The molecule has 4 atom stereocenters. The average Bonchev–Trinajstić information content (AvgIpc) is 2.57. The highest BCUT2D eigenvalue weighted by molar-refractivity contribution is 6.31. The molecule has 0 spiro atoms. The van der Waals surface area contributed by atoms with Gasteiger partial charge in [-0.3, -0.25) is 5.41 Å². The van der Waals surface area contributed by atoms with E-state index in [1.54, 1.807) is 38.1 Å². The lowest BCUT2D eigenvalue weighted by Gasteiger charge is -2.60. The molecule has 3 saturated heterocycles. The van der Waals surface area contributed by atoms with Crippen LogP contribution in [0.5, 0.6) is 0 Å². The number of halogens is 1. The maximum absolute atomic E-state index is 9.96. The summed E-state index contributed by atoms with van der Waals surface area (Å²) < 4.78 is 11.5. The van der Waals surface area contributed by atoms with Crippen LogP contribution >= 0.6 is 11.6 Å². The second-order valence-electron chi connectivity index (χ2n) is 6.14. The largest absolute Gasteiger partial charge is 0.448 e. The van der Waals surface area contributed by atoms with Crippen molar-refractivity contribution in [3.05, 3.63) is 34.9 Å². The highest BCUT2D eigenvalue weighted by atomic mass is 35.5. The van der Waals surface area contributed by atoms with Gasteiger partial charge >= 0.3 is 0 Å². The fraction of sp³-hybridized carbons (Fsp3) is 0.412. The SMILES string of the molecule is CC1C2(C)OC(=N)C(C#N)(C(c3ccccc3Cl)O2)C1(C#N)C#N. The van der Waals surface area contributed by atoms with E-state index in [2.05, 4.69) is 0 Å². The third-order valence-electron chi connectivity index (χ3n) is 5.18. The van der Waals surface area contributed by atoms with Gasteiger partial charge < -0.3 is 9.47 Å². The van der Waals surface area contributed by atoms with E-state index in [0.29, 0.717) is 10.6 Å². The van der Waals surface area contributed by atoms with E-state index in [1.165, 1.54) is 0 Å². The lowest BCUT2D eigenvalue weighted by molar-refractivity contribution is -0.338. The van der Waals surface area contributed by atoms with Gasteiger partial charge in [-0.05, 0) is 6.07 Å². The third-order valence-corrected chi connectivity index (χ3v) is 5.53. The van der Waals surface area contributed by atoms with Crippen LogP contribution in [0.4, 0.5) is 0 Å². The van der Waals surface area contributed by atoms with Crippen LogP contribution in [0.25, 0.3) is 0 Å². The van der Waals surface area contributed by atoms with Gasteiger partial charge in [0.1, 0.15) is 6.10 Å². The van der Waals surface area contributed by atoms with E-state index in [4.69, 9.17) is 26.5 Å². The second-order valence-corrected chi connectivity index (χ2v) is 6.55. The Morgan fingerprint density at radius 1 is 1.17 bits per heavy atom. The Kier molecular flexibility index (Phi) is 3.36. The lowest BCUT2D eigenvalue weighted by Crippen LogP contribution is -2.71. The van der Waals surface area contributed by atoms with Crippen molar-refractivity contribution in [2.24, 2.45) is 16.7 Å². The van der Waals surface area contributed by atoms with Crippen LogP contribution in [-0.4, -0.2) is 11.7 Å². The predicted molar refractivity (Wildman–Crippen MR) is 83.4 cm³/mol. The zero-order valence-electron chi connectivity index (χ0n) is 13.0. The monoisotopic (exact) mass is 340 g/mol. The fourth-order valence-corrected chi connectivity index (χ4v) is 3.87. The molecule has 4 rings (SSSR count). The standard InChI is InChI=1S/C17H13ClN4O2/c1-10-15(2)23-13(11-5-3-4-6-12(11)18)17(9-21,14(22)24-15)16(10,7-19)8-20/h3-6,10,13,22H,1-2H3. The van der Waals surface area contributed by atoms with Crippen molar-refractivity contribution < 1.29 is 9.47 Å². The van der Waals surface area contributed by atoms with Gasteiger partial charge in [-0.1, -0.05) is 36.7 Å². The van der Waals surface area contributed by atoms with Crippen molar-refractivity contribution in [1.82, 2.24) is 0 Å². The van der Waals surface area contributed by atoms with E-state index in [0.717, 1.165) is 0 Å². The molecule has 0 amide bonds. The van der Waals surface area contributed by atoms with Crippen molar-refractivity contribution in [2.45, 2.75) is 25.7 Å². The van der Waals surface area contributed by atoms with E-state index in [1.807, 2.05) is 18.2 Å². The molecule has 3 fully saturated rings.